The maximum absolute atomic E-state index is 12.1. The quantitative estimate of drug-likeness (QED) is 0.481. The van der Waals surface area contributed by atoms with Crippen LogP contribution in [-0.4, -0.2) is 23.4 Å². The molecule has 0 atom stereocenters. The first-order valence-corrected chi connectivity index (χ1v) is 7.79. The molecule has 0 spiro atoms. The summed E-state index contributed by atoms with van der Waals surface area (Å²) in [4.78, 5) is 34.2. The van der Waals surface area contributed by atoms with Crippen LogP contribution >= 0.6 is 11.6 Å². The van der Waals surface area contributed by atoms with E-state index >= 15 is 0 Å². The van der Waals surface area contributed by atoms with Crippen molar-refractivity contribution < 1.29 is 19.2 Å². The van der Waals surface area contributed by atoms with Crippen molar-refractivity contribution in [2.24, 2.45) is 0 Å². The number of nitrogens with one attached hydrogen (secondary N) is 1. The minimum absolute atomic E-state index is 0.117. The van der Waals surface area contributed by atoms with Crippen LogP contribution in [0.5, 0.6) is 0 Å². The van der Waals surface area contributed by atoms with Crippen molar-refractivity contribution >= 4 is 34.9 Å². The van der Waals surface area contributed by atoms with E-state index in [2.05, 4.69) is 5.32 Å². The number of rotatable bonds is 6. The molecule has 7 nitrogen and oxygen atoms in total. The highest BCUT2D eigenvalue weighted by atomic mass is 35.5. The van der Waals surface area contributed by atoms with E-state index in [4.69, 9.17) is 16.3 Å². The number of nitro groups is 1. The first-order valence-electron chi connectivity index (χ1n) is 7.41. The molecule has 0 aromatic heterocycles. The number of para-hydroxylation sites is 1. The zero-order valence-electron chi connectivity index (χ0n) is 13.3. The van der Waals surface area contributed by atoms with Gasteiger partial charge in [-0.2, -0.15) is 0 Å². The number of hydrogen-bond donors (Lipinski definition) is 1. The molecule has 0 heterocycles. The van der Waals surface area contributed by atoms with E-state index in [1.807, 2.05) is 0 Å². The van der Waals surface area contributed by atoms with Gasteiger partial charge in [0.1, 0.15) is 0 Å². The lowest BCUT2D eigenvalue weighted by molar-refractivity contribution is -0.385. The number of nitrogens with zero attached hydrogens (tertiary/aromatic N) is 1. The standard InChI is InChI=1S/C17H15ClN2O5/c1-2-25-17(22)13-8-7-12(10-14(13)18)19-16(21)9-11-5-3-4-6-15(11)20(23)24/h3-8,10H,2,9H2,1H3,(H,19,21). The molecular weight excluding hydrogens is 348 g/mol. The Hall–Kier alpha value is -2.93. The van der Waals surface area contributed by atoms with Crippen molar-refractivity contribution in [1.29, 1.82) is 0 Å². The molecule has 25 heavy (non-hydrogen) atoms. The Balaban J connectivity index is 2.10. The molecule has 0 saturated carbocycles. The molecule has 2 rings (SSSR count). The van der Waals surface area contributed by atoms with E-state index in [1.165, 1.54) is 36.4 Å². The zero-order chi connectivity index (χ0) is 18.4. The normalized spacial score (nSPS) is 10.2. The lowest BCUT2D eigenvalue weighted by Crippen LogP contribution is -2.15. The van der Waals surface area contributed by atoms with Crippen molar-refractivity contribution in [3.63, 3.8) is 0 Å². The number of carbonyl (C=O) groups is 2. The Morgan fingerprint density at radius 3 is 2.60 bits per heavy atom. The number of hydrogen-bond acceptors (Lipinski definition) is 5. The van der Waals surface area contributed by atoms with Gasteiger partial charge in [0.15, 0.2) is 0 Å². The van der Waals surface area contributed by atoms with E-state index in [9.17, 15) is 19.7 Å². The van der Waals surface area contributed by atoms with Gasteiger partial charge in [0.25, 0.3) is 5.69 Å². The summed E-state index contributed by atoms with van der Waals surface area (Å²) in [6, 6.07) is 10.4. The summed E-state index contributed by atoms with van der Waals surface area (Å²) >= 11 is 6.03. The SMILES string of the molecule is CCOC(=O)c1ccc(NC(=O)Cc2ccccc2[N+](=O)[O-])cc1Cl. The minimum Gasteiger partial charge on any atom is -0.462 e. The van der Waals surface area contributed by atoms with Crippen LogP contribution in [-0.2, 0) is 16.0 Å². The molecule has 0 aliphatic carbocycles. The van der Waals surface area contributed by atoms with Crippen LogP contribution in [0.2, 0.25) is 5.02 Å². The highest BCUT2D eigenvalue weighted by Crippen LogP contribution is 2.23. The van der Waals surface area contributed by atoms with Crippen LogP contribution in [0.4, 0.5) is 11.4 Å². The van der Waals surface area contributed by atoms with Gasteiger partial charge in [-0.3, -0.25) is 14.9 Å². The zero-order valence-corrected chi connectivity index (χ0v) is 14.1. The molecule has 2 aromatic carbocycles. The smallest absolute Gasteiger partial charge is 0.339 e. The first kappa shape index (κ1) is 18.4. The topological polar surface area (TPSA) is 98.5 Å². The Morgan fingerprint density at radius 1 is 1.24 bits per heavy atom. The number of ether oxygens (including phenoxy) is 1. The average Bonchev–Trinajstić information content (AvgIpc) is 2.55. The summed E-state index contributed by atoms with van der Waals surface area (Å²) < 4.78 is 4.87. The number of halogens is 1. The van der Waals surface area contributed by atoms with E-state index < -0.39 is 16.8 Å². The van der Waals surface area contributed by atoms with Gasteiger partial charge in [0, 0.05) is 17.3 Å². The predicted octanol–water partition coefficient (Wildman–Crippen LogP) is 3.61. The largest absolute Gasteiger partial charge is 0.462 e. The Morgan fingerprint density at radius 2 is 1.96 bits per heavy atom. The molecule has 2 aromatic rings. The second kappa shape index (κ2) is 8.25. The molecule has 0 unspecified atom stereocenters. The fourth-order valence-electron chi connectivity index (χ4n) is 2.18. The Bertz CT molecular complexity index is 822. The van der Waals surface area contributed by atoms with Gasteiger partial charge < -0.3 is 10.1 Å². The summed E-state index contributed by atoms with van der Waals surface area (Å²) in [7, 11) is 0. The maximum Gasteiger partial charge on any atom is 0.339 e. The van der Waals surface area contributed by atoms with Gasteiger partial charge in [0.2, 0.25) is 5.91 Å². The third-order valence-corrected chi connectivity index (χ3v) is 3.60. The third-order valence-electron chi connectivity index (χ3n) is 3.29. The van der Waals surface area contributed by atoms with Crippen molar-refractivity contribution in [2.45, 2.75) is 13.3 Å². The van der Waals surface area contributed by atoms with Gasteiger partial charge in [-0.25, -0.2) is 4.79 Å². The molecule has 0 fully saturated rings. The summed E-state index contributed by atoms with van der Waals surface area (Å²) in [6.07, 6.45) is -0.158. The average molecular weight is 363 g/mol. The molecule has 0 saturated heterocycles. The summed E-state index contributed by atoms with van der Waals surface area (Å²) in [5.41, 5.74) is 0.759. The first-order chi connectivity index (χ1) is 11.9. The molecule has 0 aliphatic rings. The van der Waals surface area contributed by atoms with Crippen LogP contribution < -0.4 is 5.32 Å². The number of anilines is 1. The fourth-order valence-corrected chi connectivity index (χ4v) is 2.44. The Kier molecular flexibility index (Phi) is 6.08. The number of esters is 1. The van der Waals surface area contributed by atoms with Crippen molar-refractivity contribution in [2.75, 3.05) is 11.9 Å². The number of benzene rings is 2. The van der Waals surface area contributed by atoms with Crippen molar-refractivity contribution in [3.05, 3.63) is 68.7 Å². The molecular formula is C17H15ClN2O5. The van der Waals surface area contributed by atoms with Crippen LogP contribution in [0.1, 0.15) is 22.8 Å². The van der Waals surface area contributed by atoms with E-state index in [-0.39, 0.29) is 29.3 Å². The lowest BCUT2D eigenvalue weighted by Gasteiger charge is -2.09. The van der Waals surface area contributed by atoms with E-state index in [0.717, 1.165) is 0 Å². The van der Waals surface area contributed by atoms with Crippen molar-refractivity contribution in [3.8, 4) is 0 Å². The molecule has 1 amide bonds. The predicted molar refractivity (Wildman–Crippen MR) is 92.8 cm³/mol. The summed E-state index contributed by atoms with van der Waals surface area (Å²) in [5.74, 6) is -0.987. The minimum atomic E-state index is -0.551. The van der Waals surface area contributed by atoms with Gasteiger partial charge >= 0.3 is 5.97 Å². The summed E-state index contributed by atoms with van der Waals surface area (Å²) in [6.45, 7) is 1.91. The number of carbonyl (C=O) groups excluding carboxylic acids is 2. The van der Waals surface area contributed by atoms with Gasteiger partial charge in [-0.15, -0.1) is 0 Å². The maximum atomic E-state index is 12.1. The van der Waals surface area contributed by atoms with Crippen LogP contribution in [0.25, 0.3) is 0 Å². The van der Waals surface area contributed by atoms with Crippen LogP contribution in [0.15, 0.2) is 42.5 Å². The third kappa shape index (κ3) is 4.77. The molecule has 0 aliphatic heterocycles. The molecule has 0 bridgehead atoms. The second-order valence-electron chi connectivity index (χ2n) is 5.03. The van der Waals surface area contributed by atoms with Gasteiger partial charge in [-0.05, 0) is 25.1 Å². The molecule has 0 radical (unpaired) electrons. The van der Waals surface area contributed by atoms with Crippen LogP contribution in [0.3, 0.4) is 0 Å². The Labute approximate surface area is 148 Å². The van der Waals surface area contributed by atoms with Gasteiger partial charge in [0.05, 0.1) is 28.5 Å². The number of amides is 1. The monoisotopic (exact) mass is 362 g/mol. The van der Waals surface area contributed by atoms with Gasteiger partial charge in [-0.1, -0.05) is 29.8 Å². The highest BCUT2D eigenvalue weighted by molar-refractivity contribution is 6.34. The lowest BCUT2D eigenvalue weighted by atomic mass is 10.1. The molecule has 130 valence electrons. The molecule has 1 N–H and O–H groups in total. The number of nitro benzene ring substituents is 1. The summed E-state index contributed by atoms with van der Waals surface area (Å²) in [5, 5.41) is 13.7. The van der Waals surface area contributed by atoms with Crippen molar-refractivity contribution in [1.82, 2.24) is 0 Å². The fraction of sp³-hybridized carbons (Fsp3) is 0.176. The van der Waals surface area contributed by atoms with E-state index in [0.29, 0.717) is 11.3 Å². The van der Waals surface area contributed by atoms with E-state index in [1.54, 1.807) is 13.0 Å². The second-order valence-corrected chi connectivity index (χ2v) is 5.43. The highest BCUT2D eigenvalue weighted by Gasteiger charge is 2.16. The molecule has 8 heteroatoms. The van der Waals surface area contributed by atoms with Crippen LogP contribution in [0, 0.1) is 10.1 Å².